The third kappa shape index (κ3) is 3.23. The predicted molar refractivity (Wildman–Crippen MR) is 123 cm³/mol. The predicted octanol–water partition coefficient (Wildman–Crippen LogP) is 4.26. The Morgan fingerprint density at radius 2 is 2.06 bits per heavy atom. The highest BCUT2D eigenvalue weighted by molar-refractivity contribution is 5.84. The van der Waals surface area contributed by atoms with E-state index in [9.17, 15) is 9.59 Å². The number of hydrogen-bond acceptors (Lipinski definition) is 4. The summed E-state index contributed by atoms with van der Waals surface area (Å²) in [5.41, 5.74) is 4.16. The molecule has 0 unspecified atom stereocenters. The monoisotopic (exact) mass is 432 g/mol. The van der Waals surface area contributed by atoms with Crippen LogP contribution in [0.5, 0.6) is 0 Å². The van der Waals surface area contributed by atoms with Gasteiger partial charge in [0, 0.05) is 18.6 Å². The smallest absolute Gasteiger partial charge is 0.291 e. The number of furan rings is 1. The summed E-state index contributed by atoms with van der Waals surface area (Å²) in [5.74, 6) is 1.35. The van der Waals surface area contributed by atoms with Crippen LogP contribution in [0.25, 0.3) is 16.6 Å². The van der Waals surface area contributed by atoms with Crippen molar-refractivity contribution in [1.29, 1.82) is 0 Å². The van der Waals surface area contributed by atoms with Crippen LogP contribution in [-0.2, 0) is 17.6 Å². The van der Waals surface area contributed by atoms with Crippen molar-refractivity contribution in [2.45, 2.75) is 65.0 Å². The van der Waals surface area contributed by atoms with Crippen molar-refractivity contribution in [1.82, 2.24) is 19.5 Å². The van der Waals surface area contributed by atoms with E-state index in [0.29, 0.717) is 23.9 Å². The lowest BCUT2D eigenvalue weighted by molar-refractivity contribution is -0.125. The van der Waals surface area contributed by atoms with E-state index in [2.05, 4.69) is 22.5 Å². The number of carbonyl (C=O) groups excluding carboxylic acids is 1. The van der Waals surface area contributed by atoms with Crippen LogP contribution in [0.2, 0.25) is 0 Å². The zero-order valence-corrected chi connectivity index (χ0v) is 18.7. The second kappa shape index (κ2) is 7.97. The van der Waals surface area contributed by atoms with E-state index in [1.54, 1.807) is 6.07 Å². The number of nitrogens with zero attached hydrogens (tertiary/aromatic N) is 3. The summed E-state index contributed by atoms with van der Waals surface area (Å²) in [6.07, 6.45) is 4.06. The minimum atomic E-state index is -0.671. The van der Waals surface area contributed by atoms with Crippen LogP contribution in [0.1, 0.15) is 67.9 Å². The van der Waals surface area contributed by atoms with Crippen molar-refractivity contribution in [2.24, 2.45) is 0 Å². The number of aryl methyl sites for hydroxylation is 3. The van der Waals surface area contributed by atoms with Crippen LogP contribution in [0.4, 0.5) is 0 Å². The molecule has 1 aromatic carbocycles. The Morgan fingerprint density at radius 1 is 1.25 bits per heavy atom. The standard InChI is InChI=1S/C25H28N4O3/c1-4-19(24(30)26-18-12-8-10-16-9-6-7-11-17(16)18)29-25(31)21-14-22-20(13-15(3)32-22)28(21)23(5-2)27-29/h6-7,9,11,13-14,18-19H,4-5,8,10,12H2,1-3H3,(H,26,30)/t18-,19+/m1/s1. The van der Waals surface area contributed by atoms with Gasteiger partial charge in [0.15, 0.2) is 5.58 Å². The minimum Gasteiger partial charge on any atom is -0.460 e. The van der Waals surface area contributed by atoms with Gasteiger partial charge in [-0.25, -0.2) is 4.68 Å². The van der Waals surface area contributed by atoms with Crippen molar-refractivity contribution in [2.75, 3.05) is 0 Å². The van der Waals surface area contributed by atoms with E-state index in [1.807, 2.05) is 43.4 Å². The lowest BCUT2D eigenvalue weighted by Gasteiger charge is -2.28. The number of fused-ring (bicyclic) bond motifs is 4. The molecule has 1 aliphatic rings. The molecule has 4 aromatic rings. The largest absolute Gasteiger partial charge is 0.460 e. The van der Waals surface area contributed by atoms with E-state index >= 15 is 0 Å². The van der Waals surface area contributed by atoms with Gasteiger partial charge in [0.05, 0.1) is 11.6 Å². The number of benzene rings is 1. The van der Waals surface area contributed by atoms with E-state index in [0.717, 1.165) is 36.4 Å². The number of hydrogen-bond donors (Lipinski definition) is 1. The number of aromatic nitrogens is 3. The molecule has 7 heteroatoms. The molecule has 0 radical (unpaired) electrons. The molecule has 1 amide bonds. The molecule has 0 spiro atoms. The van der Waals surface area contributed by atoms with Gasteiger partial charge < -0.3 is 9.73 Å². The maximum atomic E-state index is 13.4. The summed E-state index contributed by atoms with van der Waals surface area (Å²) in [7, 11) is 0. The minimum absolute atomic E-state index is 0.0369. The first-order valence-electron chi connectivity index (χ1n) is 11.4. The van der Waals surface area contributed by atoms with Crippen molar-refractivity contribution < 1.29 is 9.21 Å². The second-order valence-electron chi connectivity index (χ2n) is 8.57. The first-order valence-corrected chi connectivity index (χ1v) is 11.4. The molecular weight excluding hydrogens is 404 g/mol. The topological polar surface area (TPSA) is 81.5 Å². The van der Waals surface area contributed by atoms with Crippen LogP contribution >= 0.6 is 0 Å². The fourth-order valence-electron chi connectivity index (χ4n) is 4.96. The van der Waals surface area contributed by atoms with Gasteiger partial charge in [0.2, 0.25) is 5.91 Å². The van der Waals surface area contributed by atoms with Crippen LogP contribution in [-0.4, -0.2) is 20.1 Å². The van der Waals surface area contributed by atoms with Crippen molar-refractivity contribution in [3.05, 3.63) is 69.5 Å². The molecule has 0 saturated heterocycles. The van der Waals surface area contributed by atoms with Gasteiger partial charge in [0.1, 0.15) is 23.1 Å². The van der Waals surface area contributed by atoms with Gasteiger partial charge in [-0.1, -0.05) is 38.1 Å². The molecule has 0 saturated carbocycles. The molecule has 0 bridgehead atoms. The Labute approximate surface area is 186 Å². The Morgan fingerprint density at radius 3 is 2.84 bits per heavy atom. The highest BCUT2D eigenvalue weighted by Gasteiger charge is 2.28. The summed E-state index contributed by atoms with van der Waals surface area (Å²) in [5, 5.41) is 7.85. The van der Waals surface area contributed by atoms with E-state index in [-0.39, 0.29) is 17.5 Å². The molecule has 0 aliphatic heterocycles. The molecule has 3 heterocycles. The molecule has 5 rings (SSSR count). The van der Waals surface area contributed by atoms with Gasteiger partial charge >= 0.3 is 0 Å². The molecule has 1 N–H and O–H groups in total. The second-order valence-corrected chi connectivity index (χ2v) is 8.57. The molecule has 2 atom stereocenters. The van der Waals surface area contributed by atoms with E-state index in [1.165, 1.54) is 15.8 Å². The van der Waals surface area contributed by atoms with Crippen molar-refractivity contribution >= 4 is 22.5 Å². The maximum Gasteiger partial charge on any atom is 0.291 e. The summed E-state index contributed by atoms with van der Waals surface area (Å²) < 4.78 is 8.96. The van der Waals surface area contributed by atoms with E-state index < -0.39 is 6.04 Å². The normalized spacial score (nSPS) is 16.9. The number of carbonyl (C=O) groups is 1. The third-order valence-corrected chi connectivity index (χ3v) is 6.51. The lowest BCUT2D eigenvalue weighted by atomic mass is 9.87. The van der Waals surface area contributed by atoms with Gasteiger partial charge in [-0.3, -0.25) is 14.0 Å². The number of amides is 1. The van der Waals surface area contributed by atoms with E-state index in [4.69, 9.17) is 4.42 Å². The number of nitrogens with one attached hydrogen (secondary N) is 1. The Kier molecular flexibility index (Phi) is 5.12. The molecule has 7 nitrogen and oxygen atoms in total. The Hall–Kier alpha value is -3.35. The fourth-order valence-corrected chi connectivity index (χ4v) is 4.96. The first kappa shape index (κ1) is 20.5. The molecule has 3 aromatic heterocycles. The first-order chi connectivity index (χ1) is 15.5. The Balaban J connectivity index is 1.54. The van der Waals surface area contributed by atoms with Gasteiger partial charge in [-0.2, -0.15) is 5.10 Å². The van der Waals surface area contributed by atoms with Crippen LogP contribution in [0, 0.1) is 6.92 Å². The van der Waals surface area contributed by atoms with Gasteiger partial charge in [0.25, 0.3) is 5.56 Å². The zero-order chi connectivity index (χ0) is 22.4. The van der Waals surface area contributed by atoms with Crippen LogP contribution in [0.15, 0.2) is 45.6 Å². The number of rotatable bonds is 5. The average molecular weight is 433 g/mol. The summed E-state index contributed by atoms with van der Waals surface area (Å²) in [6.45, 7) is 5.79. The van der Waals surface area contributed by atoms with Crippen LogP contribution < -0.4 is 10.9 Å². The maximum absolute atomic E-state index is 13.4. The summed E-state index contributed by atoms with van der Waals surface area (Å²) >= 11 is 0. The highest BCUT2D eigenvalue weighted by Crippen LogP contribution is 2.30. The molecule has 0 fully saturated rings. The average Bonchev–Trinajstić information content (AvgIpc) is 3.32. The zero-order valence-electron chi connectivity index (χ0n) is 18.7. The SMILES string of the molecule is CCc1nn([C@@H](CC)C(=O)N[C@@H]2CCCc3ccccc32)c(=O)c2cc3oc(C)cc3n12. The summed E-state index contributed by atoms with van der Waals surface area (Å²) in [4.78, 5) is 26.8. The molecule has 32 heavy (non-hydrogen) atoms. The highest BCUT2D eigenvalue weighted by atomic mass is 16.3. The lowest BCUT2D eigenvalue weighted by Crippen LogP contribution is -2.41. The van der Waals surface area contributed by atoms with Crippen molar-refractivity contribution in [3.8, 4) is 0 Å². The third-order valence-electron chi connectivity index (χ3n) is 6.51. The van der Waals surface area contributed by atoms with Crippen molar-refractivity contribution in [3.63, 3.8) is 0 Å². The Bertz CT molecular complexity index is 1380. The van der Waals surface area contributed by atoms with Crippen LogP contribution in [0.3, 0.4) is 0 Å². The fraction of sp³-hybridized carbons (Fsp3) is 0.400. The van der Waals surface area contributed by atoms with Gasteiger partial charge in [-0.05, 0) is 43.7 Å². The molecule has 1 aliphatic carbocycles. The summed E-state index contributed by atoms with van der Waals surface area (Å²) in [6, 6.07) is 11.2. The molecule has 166 valence electrons. The quantitative estimate of drug-likeness (QED) is 0.511. The van der Waals surface area contributed by atoms with Gasteiger partial charge in [-0.15, -0.1) is 0 Å². The molecular formula is C25H28N4O3.